The highest BCUT2D eigenvalue weighted by Gasteiger charge is 2.40. The fourth-order valence-corrected chi connectivity index (χ4v) is 3.70. The van der Waals surface area contributed by atoms with Gasteiger partial charge in [-0.2, -0.15) is 4.98 Å². The van der Waals surface area contributed by atoms with Crippen molar-refractivity contribution < 1.29 is 46.8 Å². The van der Waals surface area contributed by atoms with Crippen molar-refractivity contribution in [3.63, 3.8) is 0 Å². The predicted octanol–water partition coefficient (Wildman–Crippen LogP) is 3.37. The zero-order valence-electron chi connectivity index (χ0n) is 20.6. The molecular weight excluding hydrogens is 501 g/mol. The molecule has 0 radical (unpaired) electrons. The minimum atomic E-state index is -2.19. The minimum Gasteiger partial charge on any atom is -0.432 e. The van der Waals surface area contributed by atoms with Gasteiger partial charge in [0.05, 0.1) is 18.8 Å². The quantitative estimate of drug-likeness (QED) is 0.170. The fourth-order valence-electron chi connectivity index (χ4n) is 2.87. The Bertz CT molecular complexity index is 914. The van der Waals surface area contributed by atoms with Crippen LogP contribution in [-0.2, 0) is 37.3 Å². The highest BCUT2D eigenvalue weighted by Crippen LogP contribution is 2.44. The molecule has 1 fully saturated rings. The fraction of sp³-hybridized carbons (Fsp3) is 0.619. The summed E-state index contributed by atoms with van der Waals surface area (Å²) in [6.07, 6.45) is 0.700. The maximum atomic E-state index is 12.2. The molecule has 1 aliphatic rings. The van der Waals surface area contributed by atoms with Gasteiger partial charge < -0.3 is 33.9 Å². The second-order valence-corrected chi connectivity index (χ2v) is 9.26. The lowest BCUT2D eigenvalue weighted by Gasteiger charge is -2.27. The summed E-state index contributed by atoms with van der Waals surface area (Å²) >= 11 is 0. The molecule has 0 amide bonds. The van der Waals surface area contributed by atoms with Crippen LogP contribution in [0, 0.1) is 0 Å². The maximum Gasteiger partial charge on any atom is 0.510 e. The summed E-state index contributed by atoms with van der Waals surface area (Å²) in [4.78, 5) is 39.0. The Balaban J connectivity index is 1.97. The van der Waals surface area contributed by atoms with Gasteiger partial charge in [-0.3, -0.25) is 13.6 Å². The molecule has 1 saturated heterocycles. The topological polar surface area (TPSA) is 169 Å². The summed E-state index contributed by atoms with van der Waals surface area (Å²) in [5, 5.41) is 0. The number of ether oxygens (including phenoxy) is 5. The maximum absolute atomic E-state index is 12.2. The molecule has 36 heavy (non-hydrogen) atoms. The van der Waals surface area contributed by atoms with Gasteiger partial charge in [-0.05, 0) is 46.6 Å². The van der Waals surface area contributed by atoms with Gasteiger partial charge in [-0.1, -0.05) is 6.08 Å². The Morgan fingerprint density at radius 1 is 1.19 bits per heavy atom. The van der Waals surface area contributed by atoms with Crippen LogP contribution in [0.1, 0.15) is 46.8 Å². The van der Waals surface area contributed by atoms with Crippen molar-refractivity contribution in [3.8, 4) is 0 Å². The first kappa shape index (κ1) is 29.5. The summed E-state index contributed by atoms with van der Waals surface area (Å²) in [5.74, 6) is 0.103. The van der Waals surface area contributed by atoms with E-state index in [1.165, 1.54) is 16.8 Å². The van der Waals surface area contributed by atoms with E-state index in [1.54, 1.807) is 33.8 Å². The van der Waals surface area contributed by atoms with Crippen molar-refractivity contribution in [1.29, 1.82) is 0 Å². The van der Waals surface area contributed by atoms with Gasteiger partial charge in [0.15, 0.2) is 0 Å². The molecule has 2 atom stereocenters. The smallest absolute Gasteiger partial charge is 0.432 e. The standard InChI is InChI=1S/C21H32N3O11P/c1-6-21(9-7-17(35-21)24-10-8-16(22)23-18(24)25)11-30-36(31-12-28-19(26)33-14(2)3)32-13-29-20(27)34-15(4)5/h6,8,10,14-15,17H,1,7,9,11-13H2,2-5H3,(H2,22,23,25)/t17?,21-/m0/s1. The lowest BCUT2D eigenvalue weighted by atomic mass is 10.0. The minimum absolute atomic E-state index is 0.0945. The average Bonchev–Trinajstić information content (AvgIpc) is 3.20. The molecule has 0 aliphatic carbocycles. The first-order valence-electron chi connectivity index (χ1n) is 11.1. The zero-order chi connectivity index (χ0) is 26.7. The third-order valence-electron chi connectivity index (χ3n) is 4.47. The summed E-state index contributed by atoms with van der Waals surface area (Å²) in [6.45, 7) is 9.25. The van der Waals surface area contributed by atoms with Crippen molar-refractivity contribution in [3.05, 3.63) is 35.4 Å². The van der Waals surface area contributed by atoms with Crippen molar-refractivity contribution in [2.45, 2.75) is 64.6 Å². The van der Waals surface area contributed by atoms with Crippen LogP contribution < -0.4 is 11.4 Å². The van der Waals surface area contributed by atoms with Crippen LogP contribution in [0.4, 0.5) is 15.4 Å². The Morgan fingerprint density at radius 3 is 2.28 bits per heavy atom. The van der Waals surface area contributed by atoms with E-state index in [0.717, 1.165) is 0 Å². The van der Waals surface area contributed by atoms with Crippen LogP contribution in [-0.4, -0.2) is 59.9 Å². The van der Waals surface area contributed by atoms with E-state index < -0.39 is 52.0 Å². The Hall–Kier alpha value is -2.77. The molecule has 0 spiro atoms. The number of anilines is 1. The van der Waals surface area contributed by atoms with E-state index in [1.807, 2.05) is 0 Å². The summed E-state index contributed by atoms with van der Waals surface area (Å²) in [6, 6.07) is 1.49. The molecule has 2 N–H and O–H groups in total. The highest BCUT2D eigenvalue weighted by molar-refractivity contribution is 7.41. The second-order valence-electron chi connectivity index (χ2n) is 8.04. The lowest BCUT2D eigenvalue weighted by molar-refractivity contribution is -0.0761. The van der Waals surface area contributed by atoms with Crippen LogP contribution in [0.5, 0.6) is 0 Å². The molecule has 2 rings (SSSR count). The average molecular weight is 533 g/mol. The molecule has 1 aromatic heterocycles. The number of rotatable bonds is 13. The molecule has 1 aliphatic heterocycles. The SMILES string of the molecule is C=C[C@@]1(COP(OCOC(=O)OC(C)C)OCOC(=O)OC(C)C)CCC(n2ccc(N)nc2=O)O1. The lowest BCUT2D eigenvalue weighted by Crippen LogP contribution is -2.34. The van der Waals surface area contributed by atoms with E-state index in [4.69, 9.17) is 43.0 Å². The number of carbonyl (C=O) groups is 2. The predicted molar refractivity (Wildman–Crippen MR) is 125 cm³/mol. The third-order valence-corrected chi connectivity index (χ3v) is 5.44. The normalized spacial score (nSPS) is 19.5. The second kappa shape index (κ2) is 14.1. The van der Waals surface area contributed by atoms with E-state index >= 15 is 0 Å². The van der Waals surface area contributed by atoms with Crippen molar-refractivity contribution in [1.82, 2.24) is 9.55 Å². The molecule has 2 heterocycles. The first-order chi connectivity index (χ1) is 17.0. The largest absolute Gasteiger partial charge is 0.510 e. The molecule has 1 unspecified atom stereocenters. The number of aromatic nitrogens is 2. The van der Waals surface area contributed by atoms with Crippen LogP contribution in [0.3, 0.4) is 0 Å². The van der Waals surface area contributed by atoms with E-state index in [0.29, 0.717) is 12.8 Å². The van der Waals surface area contributed by atoms with Gasteiger partial charge >= 0.3 is 26.6 Å². The molecule has 0 saturated carbocycles. The van der Waals surface area contributed by atoms with Gasteiger partial charge in [0, 0.05) is 6.20 Å². The Morgan fingerprint density at radius 2 is 1.78 bits per heavy atom. The molecule has 14 nitrogen and oxygen atoms in total. The number of nitrogens with zero attached hydrogens (tertiary/aromatic N) is 2. The molecular formula is C21H32N3O11P. The van der Waals surface area contributed by atoms with Crippen molar-refractivity contribution in [2.75, 3.05) is 25.9 Å². The summed E-state index contributed by atoms with van der Waals surface area (Å²) in [5.41, 5.74) is 4.00. The van der Waals surface area contributed by atoms with E-state index in [9.17, 15) is 14.4 Å². The van der Waals surface area contributed by atoms with Crippen molar-refractivity contribution >= 4 is 26.7 Å². The summed E-state index contributed by atoms with van der Waals surface area (Å²) in [7, 11) is -2.19. The number of nitrogen functional groups attached to an aromatic ring is 1. The monoisotopic (exact) mass is 533 g/mol. The van der Waals surface area contributed by atoms with Crippen LogP contribution in [0.25, 0.3) is 0 Å². The third kappa shape index (κ3) is 9.70. The number of nitrogens with two attached hydrogens (primary N) is 1. The molecule has 15 heteroatoms. The van der Waals surface area contributed by atoms with Gasteiger partial charge in [0.25, 0.3) is 0 Å². The zero-order valence-corrected chi connectivity index (χ0v) is 21.5. The Kier molecular flexibility index (Phi) is 11.5. The number of hydrogen-bond acceptors (Lipinski definition) is 13. The summed E-state index contributed by atoms with van der Waals surface area (Å²) < 4.78 is 43.1. The Labute approximate surface area is 209 Å². The number of hydrogen-bond donors (Lipinski definition) is 1. The van der Waals surface area contributed by atoms with Crippen LogP contribution in [0.2, 0.25) is 0 Å². The van der Waals surface area contributed by atoms with Gasteiger partial charge in [-0.15, -0.1) is 6.58 Å². The van der Waals surface area contributed by atoms with Crippen molar-refractivity contribution in [2.24, 2.45) is 0 Å². The molecule has 202 valence electrons. The van der Waals surface area contributed by atoms with Gasteiger partial charge in [0.2, 0.25) is 13.6 Å². The number of carbonyl (C=O) groups excluding carboxylic acids is 2. The van der Waals surface area contributed by atoms with E-state index in [-0.39, 0.29) is 24.6 Å². The van der Waals surface area contributed by atoms with Gasteiger partial charge in [0.1, 0.15) is 17.6 Å². The molecule has 0 bridgehead atoms. The van der Waals surface area contributed by atoms with Crippen LogP contribution >= 0.6 is 8.60 Å². The van der Waals surface area contributed by atoms with Crippen LogP contribution in [0.15, 0.2) is 29.7 Å². The molecule has 1 aromatic rings. The first-order valence-corrected chi connectivity index (χ1v) is 12.1. The van der Waals surface area contributed by atoms with Gasteiger partial charge in [-0.25, -0.2) is 14.4 Å². The van der Waals surface area contributed by atoms with E-state index in [2.05, 4.69) is 11.6 Å². The highest BCUT2D eigenvalue weighted by atomic mass is 31.2. The molecule has 0 aromatic carbocycles.